The highest BCUT2D eigenvalue weighted by atomic mass is 32.2. The Morgan fingerprint density at radius 2 is 1.79 bits per heavy atom. The second-order valence-corrected chi connectivity index (χ2v) is 9.59. The van der Waals surface area contributed by atoms with Gasteiger partial charge in [-0.2, -0.15) is 0 Å². The predicted octanol–water partition coefficient (Wildman–Crippen LogP) is 4.16. The maximum Gasteiger partial charge on any atom is 0.293 e. The third kappa shape index (κ3) is 5.68. The fraction of sp³-hybridized carbons (Fsp3) is 0.400. The Bertz CT molecular complexity index is 1010. The monoisotopic (exact) mass is 421 g/mol. The summed E-state index contributed by atoms with van der Waals surface area (Å²) in [6, 6.07) is 9.21. The molecule has 0 aliphatic carbocycles. The van der Waals surface area contributed by atoms with Crippen molar-refractivity contribution in [2.45, 2.75) is 51.1 Å². The van der Waals surface area contributed by atoms with Crippen LogP contribution < -0.4 is 14.8 Å². The minimum Gasteiger partial charge on any atom is -0.496 e. The fourth-order valence-electron chi connectivity index (χ4n) is 2.92. The zero-order chi connectivity index (χ0) is 22.0. The molecule has 0 unspecified atom stereocenters. The van der Waals surface area contributed by atoms with Gasteiger partial charge >= 0.3 is 0 Å². The van der Waals surface area contributed by atoms with E-state index in [1.807, 2.05) is 32.0 Å². The summed E-state index contributed by atoms with van der Waals surface area (Å²) >= 11 is 0. The zero-order valence-corrected chi connectivity index (χ0v) is 18.3. The van der Waals surface area contributed by atoms with Crippen molar-refractivity contribution in [2.24, 2.45) is 0 Å². The smallest absolute Gasteiger partial charge is 0.293 e. The first kappa shape index (κ1) is 22.6. The van der Waals surface area contributed by atoms with Crippen molar-refractivity contribution in [3.63, 3.8) is 0 Å². The van der Waals surface area contributed by atoms with Gasteiger partial charge in [-0.15, -0.1) is 0 Å². The summed E-state index contributed by atoms with van der Waals surface area (Å²) in [5.74, 6) is 0.659. The summed E-state index contributed by atoms with van der Waals surface area (Å²) < 4.78 is 32.9. The van der Waals surface area contributed by atoms with Gasteiger partial charge in [-0.25, -0.2) is 13.1 Å². The number of sulfonamides is 1. The van der Waals surface area contributed by atoms with Crippen molar-refractivity contribution in [1.82, 2.24) is 4.72 Å². The molecule has 158 valence electrons. The normalized spacial score (nSPS) is 13.0. The Hall–Kier alpha value is -2.65. The Kier molecular flexibility index (Phi) is 6.54. The molecule has 0 heterocycles. The molecule has 2 aromatic rings. The maximum absolute atomic E-state index is 12.5. The number of ether oxygens (including phenoxy) is 1. The number of aryl methyl sites for hydroxylation is 1. The Labute approximate surface area is 171 Å². The third-order valence-corrected chi connectivity index (χ3v) is 5.90. The molecule has 1 atom stereocenters. The topological polar surface area (TPSA) is 111 Å². The third-order valence-electron chi connectivity index (χ3n) is 4.14. The molecular weight excluding hydrogens is 394 g/mol. The van der Waals surface area contributed by atoms with E-state index in [4.69, 9.17) is 4.74 Å². The van der Waals surface area contributed by atoms with Crippen LogP contribution in [0.1, 0.15) is 44.9 Å². The van der Waals surface area contributed by atoms with E-state index in [2.05, 4.69) is 10.0 Å². The summed E-state index contributed by atoms with van der Waals surface area (Å²) in [4.78, 5) is 10.8. The highest BCUT2D eigenvalue weighted by Crippen LogP contribution is 2.33. The molecule has 2 N–H and O–H groups in total. The van der Waals surface area contributed by atoms with Crippen LogP contribution in [0.15, 0.2) is 41.3 Å². The van der Waals surface area contributed by atoms with Crippen LogP contribution in [0.2, 0.25) is 0 Å². The van der Waals surface area contributed by atoms with E-state index < -0.39 is 20.5 Å². The molecule has 2 rings (SSSR count). The quantitative estimate of drug-likeness (QED) is 0.513. The van der Waals surface area contributed by atoms with E-state index in [9.17, 15) is 18.5 Å². The first-order valence-corrected chi connectivity index (χ1v) is 10.6. The number of nitrogens with one attached hydrogen (secondary N) is 2. The van der Waals surface area contributed by atoms with Crippen LogP contribution >= 0.6 is 0 Å². The van der Waals surface area contributed by atoms with E-state index >= 15 is 0 Å². The molecule has 2 aromatic carbocycles. The number of hydrogen-bond acceptors (Lipinski definition) is 6. The van der Waals surface area contributed by atoms with Gasteiger partial charge in [0.15, 0.2) is 0 Å². The summed E-state index contributed by atoms with van der Waals surface area (Å²) in [5.41, 5.74) is 1.06. The molecule has 0 aliphatic heterocycles. The van der Waals surface area contributed by atoms with E-state index in [0.29, 0.717) is 5.75 Å². The van der Waals surface area contributed by atoms with E-state index in [-0.39, 0.29) is 22.3 Å². The van der Waals surface area contributed by atoms with Crippen LogP contribution in [0.3, 0.4) is 0 Å². The standard InChI is InChI=1S/C20H27N3O5S/c1-13-7-10-19(28-6)16(11-13)14(2)21-17-9-8-15(12-18(17)23(24)25)29(26,27)22-20(3,4)5/h7-12,14,21-22H,1-6H3/t14-/m0/s1. The summed E-state index contributed by atoms with van der Waals surface area (Å²) in [6.45, 7) is 8.90. The summed E-state index contributed by atoms with van der Waals surface area (Å²) in [6.07, 6.45) is 0. The maximum atomic E-state index is 12.5. The van der Waals surface area contributed by atoms with Gasteiger partial charge in [-0.1, -0.05) is 17.7 Å². The highest BCUT2D eigenvalue weighted by Gasteiger charge is 2.26. The lowest BCUT2D eigenvalue weighted by Crippen LogP contribution is -2.40. The Balaban J connectivity index is 2.42. The van der Waals surface area contributed by atoms with Crippen molar-refractivity contribution < 1.29 is 18.1 Å². The SMILES string of the molecule is COc1ccc(C)cc1[C@H](C)Nc1ccc(S(=O)(=O)NC(C)(C)C)cc1[N+](=O)[O-]. The lowest BCUT2D eigenvalue weighted by Gasteiger charge is -2.21. The van der Waals surface area contributed by atoms with Crippen molar-refractivity contribution in [3.8, 4) is 5.75 Å². The number of nitro groups is 1. The number of methoxy groups -OCH3 is 1. The predicted molar refractivity (Wildman–Crippen MR) is 113 cm³/mol. The van der Waals surface area contributed by atoms with E-state index in [1.165, 1.54) is 12.1 Å². The Morgan fingerprint density at radius 1 is 1.14 bits per heavy atom. The summed E-state index contributed by atoms with van der Waals surface area (Å²) in [5, 5.41) is 14.7. The van der Waals surface area contributed by atoms with E-state index in [0.717, 1.165) is 17.2 Å². The van der Waals surface area contributed by atoms with E-state index in [1.54, 1.807) is 27.9 Å². The highest BCUT2D eigenvalue weighted by molar-refractivity contribution is 7.89. The molecule has 8 nitrogen and oxygen atoms in total. The molecule has 0 spiro atoms. The van der Waals surface area contributed by atoms with Crippen molar-refractivity contribution in [1.29, 1.82) is 0 Å². The molecule has 0 aliphatic rings. The molecule has 0 amide bonds. The van der Waals surface area contributed by atoms with Crippen molar-refractivity contribution in [3.05, 3.63) is 57.6 Å². The molecule has 9 heteroatoms. The molecule has 0 bridgehead atoms. The first-order chi connectivity index (χ1) is 13.3. The number of nitrogens with zero attached hydrogens (tertiary/aromatic N) is 1. The molecule has 0 fully saturated rings. The molecule has 29 heavy (non-hydrogen) atoms. The lowest BCUT2D eigenvalue weighted by atomic mass is 10.0. The second kappa shape index (κ2) is 8.38. The van der Waals surface area contributed by atoms with Gasteiger partial charge in [0.2, 0.25) is 10.0 Å². The average Bonchev–Trinajstić information content (AvgIpc) is 2.59. The van der Waals surface area contributed by atoms with Crippen LogP contribution in [0.5, 0.6) is 5.75 Å². The molecular formula is C20H27N3O5S. The number of hydrogen-bond donors (Lipinski definition) is 2. The molecule has 0 aromatic heterocycles. The van der Waals surface area contributed by atoms with Gasteiger partial charge in [-0.3, -0.25) is 10.1 Å². The van der Waals surface area contributed by atoms with Gasteiger partial charge in [0.05, 0.1) is 23.0 Å². The zero-order valence-electron chi connectivity index (χ0n) is 17.4. The summed E-state index contributed by atoms with van der Waals surface area (Å²) in [7, 11) is -2.33. The molecule has 0 saturated carbocycles. The minimum absolute atomic E-state index is 0.162. The van der Waals surface area contributed by atoms with Gasteiger partial charge in [0.1, 0.15) is 11.4 Å². The molecule has 0 radical (unpaired) electrons. The first-order valence-electron chi connectivity index (χ1n) is 9.07. The second-order valence-electron chi connectivity index (χ2n) is 7.90. The van der Waals surface area contributed by atoms with Crippen LogP contribution in [-0.2, 0) is 10.0 Å². The average molecular weight is 422 g/mol. The largest absolute Gasteiger partial charge is 0.496 e. The van der Waals surface area contributed by atoms with Gasteiger partial charge in [0.25, 0.3) is 5.69 Å². The van der Waals surface area contributed by atoms with Crippen molar-refractivity contribution in [2.75, 3.05) is 12.4 Å². The van der Waals surface area contributed by atoms with Crippen LogP contribution in [-0.4, -0.2) is 26.0 Å². The van der Waals surface area contributed by atoms with Gasteiger partial charge in [0, 0.05) is 17.2 Å². The number of benzene rings is 2. The number of rotatable bonds is 7. The van der Waals surface area contributed by atoms with Crippen molar-refractivity contribution >= 4 is 21.4 Å². The van der Waals surface area contributed by atoms with Crippen LogP contribution in [0, 0.1) is 17.0 Å². The number of anilines is 1. The van der Waals surface area contributed by atoms with Gasteiger partial charge in [-0.05, 0) is 52.8 Å². The lowest BCUT2D eigenvalue weighted by molar-refractivity contribution is -0.384. The van der Waals surface area contributed by atoms with Crippen LogP contribution in [0.4, 0.5) is 11.4 Å². The van der Waals surface area contributed by atoms with Gasteiger partial charge < -0.3 is 10.1 Å². The minimum atomic E-state index is -3.89. The Morgan fingerprint density at radius 3 is 2.34 bits per heavy atom. The van der Waals surface area contributed by atoms with Crippen LogP contribution in [0.25, 0.3) is 0 Å². The fourth-order valence-corrected chi connectivity index (χ4v) is 4.35. The number of nitro benzene ring substituents is 1. The molecule has 0 saturated heterocycles.